The fraction of sp³-hybridized carbons (Fsp3) is 0.500. The SMILES string of the molecule is CC(=O)Nc1ccc(C(N)=O)cc1OCCN1CCCCC1. The van der Waals surface area contributed by atoms with E-state index in [1.807, 2.05) is 0 Å². The summed E-state index contributed by atoms with van der Waals surface area (Å²) in [4.78, 5) is 24.9. The minimum absolute atomic E-state index is 0.187. The predicted octanol–water partition coefficient (Wildman–Crippen LogP) is 1.61. The molecule has 1 aromatic rings. The van der Waals surface area contributed by atoms with E-state index < -0.39 is 5.91 Å². The Morgan fingerprint density at radius 3 is 2.64 bits per heavy atom. The second-order valence-corrected chi connectivity index (χ2v) is 5.51. The first-order chi connectivity index (χ1) is 10.6. The lowest BCUT2D eigenvalue weighted by Crippen LogP contribution is -2.33. The van der Waals surface area contributed by atoms with Crippen molar-refractivity contribution in [1.29, 1.82) is 0 Å². The molecule has 6 heteroatoms. The number of hydrogen-bond acceptors (Lipinski definition) is 4. The van der Waals surface area contributed by atoms with Crippen LogP contribution >= 0.6 is 0 Å². The molecule has 120 valence electrons. The summed E-state index contributed by atoms with van der Waals surface area (Å²) in [5, 5.41) is 2.70. The molecule has 1 heterocycles. The highest BCUT2D eigenvalue weighted by atomic mass is 16.5. The van der Waals surface area contributed by atoms with E-state index in [0.29, 0.717) is 23.6 Å². The topological polar surface area (TPSA) is 84.7 Å². The van der Waals surface area contributed by atoms with Crippen LogP contribution in [0.15, 0.2) is 18.2 Å². The number of hydrogen-bond donors (Lipinski definition) is 2. The minimum Gasteiger partial charge on any atom is -0.490 e. The van der Waals surface area contributed by atoms with Crippen LogP contribution in [0.2, 0.25) is 0 Å². The molecule has 1 saturated heterocycles. The van der Waals surface area contributed by atoms with Crippen molar-refractivity contribution < 1.29 is 14.3 Å². The third-order valence-electron chi connectivity index (χ3n) is 3.69. The Labute approximate surface area is 130 Å². The van der Waals surface area contributed by atoms with Gasteiger partial charge in [0, 0.05) is 19.0 Å². The van der Waals surface area contributed by atoms with Gasteiger partial charge in [-0.2, -0.15) is 0 Å². The third kappa shape index (κ3) is 4.73. The number of carbonyl (C=O) groups is 2. The van der Waals surface area contributed by atoms with Gasteiger partial charge in [-0.15, -0.1) is 0 Å². The molecular weight excluding hydrogens is 282 g/mol. The van der Waals surface area contributed by atoms with E-state index >= 15 is 0 Å². The van der Waals surface area contributed by atoms with Crippen LogP contribution in [0.25, 0.3) is 0 Å². The Bertz CT molecular complexity index is 539. The van der Waals surface area contributed by atoms with Crippen molar-refractivity contribution in [3.05, 3.63) is 23.8 Å². The molecule has 1 fully saturated rings. The average Bonchev–Trinajstić information content (AvgIpc) is 2.49. The zero-order valence-corrected chi connectivity index (χ0v) is 12.9. The van der Waals surface area contributed by atoms with Crippen molar-refractivity contribution in [1.82, 2.24) is 4.90 Å². The first-order valence-electron chi connectivity index (χ1n) is 7.63. The quantitative estimate of drug-likeness (QED) is 0.836. The third-order valence-corrected chi connectivity index (χ3v) is 3.69. The van der Waals surface area contributed by atoms with Gasteiger partial charge in [0.05, 0.1) is 5.69 Å². The molecule has 0 radical (unpaired) electrons. The highest BCUT2D eigenvalue weighted by Crippen LogP contribution is 2.26. The summed E-state index contributed by atoms with van der Waals surface area (Å²) < 4.78 is 5.77. The number of likely N-dealkylation sites (tertiary alicyclic amines) is 1. The number of amides is 2. The minimum atomic E-state index is -0.518. The van der Waals surface area contributed by atoms with Crippen molar-refractivity contribution in [2.45, 2.75) is 26.2 Å². The molecule has 3 N–H and O–H groups in total. The maximum atomic E-state index is 11.3. The van der Waals surface area contributed by atoms with Crippen LogP contribution < -0.4 is 15.8 Å². The van der Waals surface area contributed by atoms with Gasteiger partial charge in [0.25, 0.3) is 0 Å². The highest BCUT2D eigenvalue weighted by molar-refractivity contribution is 5.95. The number of nitrogens with two attached hydrogens (primary N) is 1. The molecule has 2 rings (SSSR count). The van der Waals surface area contributed by atoms with Gasteiger partial charge in [0.2, 0.25) is 11.8 Å². The average molecular weight is 305 g/mol. The number of ether oxygens (including phenoxy) is 1. The molecule has 0 atom stereocenters. The monoisotopic (exact) mass is 305 g/mol. The Hall–Kier alpha value is -2.08. The lowest BCUT2D eigenvalue weighted by molar-refractivity contribution is -0.114. The van der Waals surface area contributed by atoms with E-state index in [0.717, 1.165) is 19.6 Å². The van der Waals surface area contributed by atoms with E-state index in [9.17, 15) is 9.59 Å². The summed E-state index contributed by atoms with van der Waals surface area (Å²) in [5.74, 6) is -0.230. The van der Waals surface area contributed by atoms with Crippen molar-refractivity contribution in [2.75, 3.05) is 31.6 Å². The summed E-state index contributed by atoms with van der Waals surface area (Å²) in [5.41, 5.74) is 6.20. The molecule has 2 amide bonds. The van der Waals surface area contributed by atoms with Crippen molar-refractivity contribution >= 4 is 17.5 Å². The van der Waals surface area contributed by atoms with Gasteiger partial charge in [-0.05, 0) is 44.1 Å². The zero-order valence-electron chi connectivity index (χ0n) is 12.9. The number of primary amides is 1. The van der Waals surface area contributed by atoms with E-state index in [1.54, 1.807) is 18.2 Å². The molecule has 1 aliphatic rings. The summed E-state index contributed by atoms with van der Waals surface area (Å²) in [6.45, 7) is 4.97. The van der Waals surface area contributed by atoms with E-state index in [-0.39, 0.29) is 5.91 Å². The summed E-state index contributed by atoms with van der Waals surface area (Å²) in [6.07, 6.45) is 3.76. The number of anilines is 1. The van der Waals surface area contributed by atoms with Gasteiger partial charge < -0.3 is 15.8 Å². The number of piperidine rings is 1. The highest BCUT2D eigenvalue weighted by Gasteiger charge is 2.12. The largest absolute Gasteiger partial charge is 0.490 e. The molecule has 0 bridgehead atoms. The Balaban J connectivity index is 2.00. The number of benzene rings is 1. The Morgan fingerprint density at radius 1 is 1.27 bits per heavy atom. The Morgan fingerprint density at radius 2 is 2.00 bits per heavy atom. The first-order valence-corrected chi connectivity index (χ1v) is 7.63. The number of rotatable bonds is 6. The van der Waals surface area contributed by atoms with Crippen molar-refractivity contribution in [3.8, 4) is 5.75 Å². The van der Waals surface area contributed by atoms with Gasteiger partial charge in [-0.3, -0.25) is 14.5 Å². The van der Waals surface area contributed by atoms with Crippen LogP contribution in [-0.2, 0) is 4.79 Å². The summed E-state index contributed by atoms with van der Waals surface area (Å²) in [6, 6.07) is 4.78. The van der Waals surface area contributed by atoms with Crippen LogP contribution in [0.5, 0.6) is 5.75 Å². The molecular formula is C16H23N3O3. The second kappa shape index (κ2) is 7.79. The van der Waals surface area contributed by atoms with Crippen LogP contribution in [0.1, 0.15) is 36.5 Å². The molecule has 0 spiro atoms. The molecule has 0 aromatic heterocycles. The lowest BCUT2D eigenvalue weighted by atomic mass is 10.1. The van der Waals surface area contributed by atoms with Gasteiger partial charge >= 0.3 is 0 Å². The van der Waals surface area contributed by atoms with Crippen molar-refractivity contribution in [2.24, 2.45) is 5.73 Å². The molecule has 1 aromatic carbocycles. The maximum absolute atomic E-state index is 11.3. The summed E-state index contributed by atoms with van der Waals surface area (Å²) >= 11 is 0. The smallest absolute Gasteiger partial charge is 0.248 e. The standard InChI is InChI=1S/C16H23N3O3/c1-12(20)18-14-6-5-13(16(17)21)11-15(14)22-10-9-19-7-3-2-4-8-19/h5-6,11H,2-4,7-10H2,1H3,(H2,17,21)(H,18,20). The summed E-state index contributed by atoms with van der Waals surface area (Å²) in [7, 11) is 0. The molecule has 6 nitrogen and oxygen atoms in total. The maximum Gasteiger partial charge on any atom is 0.248 e. The van der Waals surface area contributed by atoms with Crippen LogP contribution in [0, 0.1) is 0 Å². The van der Waals surface area contributed by atoms with Gasteiger partial charge in [-0.25, -0.2) is 0 Å². The van der Waals surface area contributed by atoms with E-state index in [1.165, 1.54) is 26.2 Å². The van der Waals surface area contributed by atoms with Crippen LogP contribution in [0.3, 0.4) is 0 Å². The molecule has 1 aliphatic heterocycles. The first kappa shape index (κ1) is 16.3. The predicted molar refractivity (Wildman–Crippen MR) is 85.0 cm³/mol. The lowest BCUT2D eigenvalue weighted by Gasteiger charge is -2.26. The van der Waals surface area contributed by atoms with Crippen molar-refractivity contribution in [3.63, 3.8) is 0 Å². The van der Waals surface area contributed by atoms with Crippen LogP contribution in [0.4, 0.5) is 5.69 Å². The van der Waals surface area contributed by atoms with E-state index in [2.05, 4.69) is 10.2 Å². The number of carbonyl (C=O) groups excluding carboxylic acids is 2. The second-order valence-electron chi connectivity index (χ2n) is 5.51. The van der Waals surface area contributed by atoms with Crippen LogP contribution in [-0.4, -0.2) is 43.0 Å². The zero-order chi connectivity index (χ0) is 15.9. The number of nitrogens with zero attached hydrogens (tertiary/aromatic N) is 1. The normalized spacial score (nSPS) is 15.3. The van der Waals surface area contributed by atoms with Gasteiger partial charge in [0.1, 0.15) is 12.4 Å². The molecule has 0 aliphatic carbocycles. The van der Waals surface area contributed by atoms with E-state index in [4.69, 9.17) is 10.5 Å². The fourth-order valence-corrected chi connectivity index (χ4v) is 2.56. The van der Waals surface area contributed by atoms with Gasteiger partial charge in [-0.1, -0.05) is 6.42 Å². The number of nitrogens with one attached hydrogen (secondary N) is 1. The molecule has 0 saturated carbocycles. The fourth-order valence-electron chi connectivity index (χ4n) is 2.56. The van der Waals surface area contributed by atoms with Gasteiger partial charge in [0.15, 0.2) is 0 Å². The molecule has 0 unspecified atom stereocenters. The molecule has 22 heavy (non-hydrogen) atoms. The Kier molecular flexibility index (Phi) is 5.77.